The summed E-state index contributed by atoms with van der Waals surface area (Å²) in [5, 5.41) is 4.15. The Kier molecular flexibility index (Phi) is 3.98. The number of halogens is 1. The van der Waals surface area contributed by atoms with Gasteiger partial charge < -0.3 is 5.32 Å². The van der Waals surface area contributed by atoms with Gasteiger partial charge in [0.25, 0.3) is 0 Å². The van der Waals surface area contributed by atoms with Gasteiger partial charge in [0, 0.05) is 21.5 Å². The zero-order valence-electron chi connectivity index (χ0n) is 9.96. The maximum atomic E-state index is 3.65. The van der Waals surface area contributed by atoms with Gasteiger partial charge in [0.2, 0.25) is 0 Å². The summed E-state index contributed by atoms with van der Waals surface area (Å²) < 4.78 is 1.25. The topological polar surface area (TPSA) is 12.0 Å². The molecule has 2 rings (SSSR count). The first-order valence-corrected chi connectivity index (χ1v) is 7.55. The van der Waals surface area contributed by atoms with Gasteiger partial charge in [-0.05, 0) is 30.2 Å². The lowest BCUT2D eigenvalue weighted by molar-refractivity contribution is 0.466. The van der Waals surface area contributed by atoms with Crippen LogP contribution in [0.3, 0.4) is 0 Å². The first-order valence-electron chi connectivity index (χ1n) is 5.71. The van der Waals surface area contributed by atoms with Crippen molar-refractivity contribution in [2.75, 3.05) is 7.05 Å². The summed E-state index contributed by atoms with van der Waals surface area (Å²) in [6.07, 6.45) is 0. The molecule has 1 nitrogen and oxygen atoms in total. The third-order valence-electron chi connectivity index (χ3n) is 3.21. The Hall–Kier alpha value is 0.01000. The minimum absolute atomic E-state index is 0.478. The van der Waals surface area contributed by atoms with E-state index in [1.165, 1.54) is 15.6 Å². The van der Waals surface area contributed by atoms with Gasteiger partial charge in [0.1, 0.15) is 0 Å². The van der Waals surface area contributed by atoms with E-state index in [9.17, 15) is 0 Å². The van der Waals surface area contributed by atoms with Crippen LogP contribution in [0, 0.1) is 5.92 Å². The summed E-state index contributed by atoms with van der Waals surface area (Å²) in [6.45, 7) is 4.62. The maximum Gasteiger partial charge on any atom is 0.0444 e. The van der Waals surface area contributed by atoms with Crippen molar-refractivity contribution in [3.63, 3.8) is 0 Å². The summed E-state index contributed by atoms with van der Waals surface area (Å²) in [4.78, 5) is 0. The van der Waals surface area contributed by atoms with Crippen LogP contribution in [-0.2, 0) is 5.75 Å². The Labute approximate surface area is 111 Å². The molecular formula is C13H18BrNS. The fraction of sp³-hybridized carbons (Fsp3) is 0.538. The van der Waals surface area contributed by atoms with Crippen LogP contribution in [0.15, 0.2) is 22.7 Å². The zero-order valence-corrected chi connectivity index (χ0v) is 12.4. The van der Waals surface area contributed by atoms with Gasteiger partial charge in [-0.25, -0.2) is 0 Å². The van der Waals surface area contributed by atoms with E-state index in [1.807, 2.05) is 0 Å². The quantitative estimate of drug-likeness (QED) is 0.886. The van der Waals surface area contributed by atoms with Crippen LogP contribution in [0.1, 0.15) is 31.0 Å². The van der Waals surface area contributed by atoms with Crippen molar-refractivity contribution in [3.8, 4) is 0 Å². The Morgan fingerprint density at radius 2 is 2.19 bits per heavy atom. The van der Waals surface area contributed by atoms with E-state index >= 15 is 0 Å². The van der Waals surface area contributed by atoms with Gasteiger partial charge in [0.15, 0.2) is 0 Å². The van der Waals surface area contributed by atoms with Gasteiger partial charge in [-0.1, -0.05) is 41.9 Å². The summed E-state index contributed by atoms with van der Waals surface area (Å²) in [6, 6.07) is 7.02. The van der Waals surface area contributed by atoms with E-state index in [1.54, 1.807) is 0 Å². The summed E-state index contributed by atoms with van der Waals surface area (Å²) >= 11 is 5.72. The first-order chi connectivity index (χ1) is 7.65. The highest BCUT2D eigenvalue weighted by atomic mass is 79.9. The molecule has 0 spiro atoms. The smallest absolute Gasteiger partial charge is 0.0444 e. The molecule has 0 amide bonds. The van der Waals surface area contributed by atoms with Crippen LogP contribution >= 0.6 is 27.7 Å². The molecule has 2 atom stereocenters. The van der Waals surface area contributed by atoms with E-state index in [2.05, 4.69) is 72.1 Å². The molecule has 3 heteroatoms. The minimum atomic E-state index is 0.478. The molecule has 16 heavy (non-hydrogen) atoms. The number of thioether (sulfide) groups is 1. The largest absolute Gasteiger partial charge is 0.312 e. The van der Waals surface area contributed by atoms with E-state index < -0.39 is 0 Å². The van der Waals surface area contributed by atoms with Crippen LogP contribution in [-0.4, -0.2) is 12.3 Å². The molecule has 0 aromatic heterocycles. The van der Waals surface area contributed by atoms with Crippen LogP contribution in [0.25, 0.3) is 0 Å². The number of nitrogens with one attached hydrogen (secondary N) is 1. The monoisotopic (exact) mass is 299 g/mol. The SMILES string of the molecule is CNC1c2cccc(Br)c2CSC1C(C)C. The Morgan fingerprint density at radius 3 is 2.81 bits per heavy atom. The molecule has 0 radical (unpaired) electrons. The molecule has 0 bridgehead atoms. The van der Waals surface area contributed by atoms with E-state index in [-0.39, 0.29) is 0 Å². The lowest BCUT2D eigenvalue weighted by Crippen LogP contribution is -2.34. The molecule has 1 aromatic carbocycles. The van der Waals surface area contributed by atoms with Crippen LogP contribution in [0.4, 0.5) is 0 Å². The molecule has 1 aromatic rings. The highest BCUT2D eigenvalue weighted by Gasteiger charge is 2.31. The summed E-state index contributed by atoms with van der Waals surface area (Å²) in [5.41, 5.74) is 2.93. The molecular weight excluding hydrogens is 282 g/mol. The maximum absolute atomic E-state index is 3.65. The van der Waals surface area contributed by atoms with E-state index in [4.69, 9.17) is 0 Å². The second kappa shape index (κ2) is 5.11. The molecule has 1 heterocycles. The van der Waals surface area contributed by atoms with Crippen molar-refractivity contribution < 1.29 is 0 Å². The molecule has 0 aliphatic carbocycles. The number of rotatable bonds is 2. The van der Waals surface area contributed by atoms with E-state index in [0.717, 1.165) is 5.75 Å². The van der Waals surface area contributed by atoms with Crippen LogP contribution < -0.4 is 5.32 Å². The van der Waals surface area contributed by atoms with Crippen molar-refractivity contribution in [2.24, 2.45) is 5.92 Å². The molecule has 1 aliphatic heterocycles. The van der Waals surface area contributed by atoms with Gasteiger partial charge in [0.05, 0.1) is 0 Å². The average Bonchev–Trinajstić information content (AvgIpc) is 2.27. The predicted molar refractivity (Wildman–Crippen MR) is 75.9 cm³/mol. The molecule has 0 saturated heterocycles. The zero-order chi connectivity index (χ0) is 11.7. The van der Waals surface area contributed by atoms with Crippen molar-refractivity contribution in [1.82, 2.24) is 5.32 Å². The summed E-state index contributed by atoms with van der Waals surface area (Å²) in [7, 11) is 2.07. The molecule has 2 unspecified atom stereocenters. The third kappa shape index (κ3) is 2.18. The number of hydrogen-bond donors (Lipinski definition) is 1. The Bertz CT molecular complexity index is 378. The van der Waals surface area contributed by atoms with Gasteiger partial charge in [-0.3, -0.25) is 0 Å². The number of fused-ring (bicyclic) bond motifs is 1. The Morgan fingerprint density at radius 1 is 1.44 bits per heavy atom. The second-order valence-corrected chi connectivity index (χ2v) is 6.61. The second-order valence-electron chi connectivity index (χ2n) is 4.59. The van der Waals surface area contributed by atoms with Gasteiger partial charge in [-0.15, -0.1) is 0 Å². The molecule has 1 N–H and O–H groups in total. The Balaban J connectivity index is 2.41. The molecule has 88 valence electrons. The summed E-state index contributed by atoms with van der Waals surface area (Å²) in [5.74, 6) is 1.83. The highest BCUT2D eigenvalue weighted by Crippen LogP contribution is 2.43. The predicted octanol–water partition coefficient (Wildman–Crippen LogP) is 3.98. The fourth-order valence-electron chi connectivity index (χ4n) is 2.37. The van der Waals surface area contributed by atoms with Crippen LogP contribution in [0.5, 0.6) is 0 Å². The van der Waals surface area contributed by atoms with Gasteiger partial charge in [-0.2, -0.15) is 11.8 Å². The minimum Gasteiger partial charge on any atom is -0.312 e. The normalized spacial score (nSPS) is 24.6. The number of hydrogen-bond acceptors (Lipinski definition) is 2. The fourth-order valence-corrected chi connectivity index (χ4v) is 4.62. The van der Waals surface area contributed by atoms with E-state index in [0.29, 0.717) is 17.2 Å². The lowest BCUT2D eigenvalue weighted by atomic mass is 9.93. The van der Waals surface area contributed by atoms with Crippen molar-refractivity contribution in [2.45, 2.75) is 30.9 Å². The van der Waals surface area contributed by atoms with Crippen molar-refractivity contribution >= 4 is 27.7 Å². The first kappa shape index (κ1) is 12.5. The average molecular weight is 300 g/mol. The van der Waals surface area contributed by atoms with Crippen LogP contribution in [0.2, 0.25) is 0 Å². The molecule has 0 saturated carbocycles. The third-order valence-corrected chi connectivity index (χ3v) is 5.61. The van der Waals surface area contributed by atoms with Crippen molar-refractivity contribution in [1.29, 1.82) is 0 Å². The van der Waals surface area contributed by atoms with Gasteiger partial charge >= 0.3 is 0 Å². The number of benzene rings is 1. The van der Waals surface area contributed by atoms with Crippen molar-refractivity contribution in [3.05, 3.63) is 33.8 Å². The molecule has 0 fully saturated rings. The standard InChI is InChI=1S/C13H18BrNS/c1-8(2)13-12(15-3)9-5-4-6-11(14)10(9)7-16-13/h4-6,8,12-13,15H,7H2,1-3H3. The molecule has 1 aliphatic rings. The highest BCUT2D eigenvalue weighted by molar-refractivity contribution is 9.10. The lowest BCUT2D eigenvalue weighted by Gasteiger charge is -2.35.